The van der Waals surface area contributed by atoms with Gasteiger partial charge in [0.2, 0.25) is 0 Å². The van der Waals surface area contributed by atoms with E-state index in [-0.39, 0.29) is 23.6 Å². The fourth-order valence-electron chi connectivity index (χ4n) is 0. The molecule has 0 bridgehead atoms. The minimum Gasteiger partial charge on any atom is -1.00 e. The second-order valence-corrected chi connectivity index (χ2v) is 0. The van der Waals surface area contributed by atoms with Gasteiger partial charge in [-0.15, -0.1) is 0 Å². The number of hydrogen-bond donors (Lipinski definition) is 1. The molecule has 0 aromatic carbocycles. The minimum atomic E-state index is 0. The standard InChI is InChI=1S/BH2N.FH.Li/c1-2;;/h2H2;1H;/q;;+1/p-1. The van der Waals surface area contributed by atoms with E-state index in [1.165, 1.54) is 0 Å². The topological polar surface area (TPSA) is 26.0 Å². The number of halogens is 1. The Morgan fingerprint density at radius 1 is 1.25 bits per heavy atom. The van der Waals surface area contributed by atoms with Crippen LogP contribution in [0.4, 0.5) is 0 Å². The van der Waals surface area contributed by atoms with Crippen molar-refractivity contribution in [3.63, 3.8) is 0 Å². The van der Waals surface area contributed by atoms with Crippen molar-refractivity contribution >= 4 is 7.98 Å². The molecule has 0 aliphatic heterocycles. The van der Waals surface area contributed by atoms with Gasteiger partial charge in [0.15, 0.2) is 7.98 Å². The van der Waals surface area contributed by atoms with Crippen molar-refractivity contribution in [2.75, 3.05) is 0 Å². The molecule has 2 N–H and O–H groups in total. The Labute approximate surface area is 37.9 Å². The van der Waals surface area contributed by atoms with Crippen LogP contribution < -0.4 is 29.2 Å². The summed E-state index contributed by atoms with van der Waals surface area (Å²) in [4.78, 5) is 0. The van der Waals surface area contributed by atoms with Crippen molar-refractivity contribution in [1.29, 1.82) is 0 Å². The van der Waals surface area contributed by atoms with Crippen LogP contribution in [0.2, 0.25) is 0 Å². The van der Waals surface area contributed by atoms with Crippen molar-refractivity contribution < 1.29 is 23.6 Å². The minimum absolute atomic E-state index is 0. The van der Waals surface area contributed by atoms with Gasteiger partial charge in [0, 0.05) is 0 Å². The molecule has 0 aromatic rings. The van der Waals surface area contributed by atoms with Gasteiger partial charge >= 0.3 is 18.9 Å². The molecule has 0 saturated heterocycles. The third-order valence-corrected chi connectivity index (χ3v) is 0. The Kier molecular flexibility index (Phi) is 452. The zero-order valence-corrected chi connectivity index (χ0v) is 2.53. The van der Waals surface area contributed by atoms with Gasteiger partial charge in [-0.25, -0.2) is 0 Å². The molecule has 0 saturated carbocycles. The first-order chi connectivity index (χ1) is 1.00. The Bertz CT molecular complexity index is 8.00. The van der Waals surface area contributed by atoms with Gasteiger partial charge < -0.3 is 10.3 Å². The van der Waals surface area contributed by atoms with E-state index in [1.807, 2.05) is 0 Å². The molecule has 0 aliphatic rings. The van der Waals surface area contributed by atoms with Crippen LogP contribution in [-0.2, 0) is 0 Å². The van der Waals surface area contributed by atoms with E-state index in [2.05, 4.69) is 13.6 Å². The zero-order chi connectivity index (χ0) is 2.00. The Balaban J connectivity index is -0.00000000500. The van der Waals surface area contributed by atoms with Gasteiger partial charge in [-0.2, -0.15) is 0 Å². The second-order valence-electron chi connectivity index (χ2n) is 0. The number of rotatable bonds is 0. The van der Waals surface area contributed by atoms with E-state index < -0.39 is 0 Å². The summed E-state index contributed by atoms with van der Waals surface area (Å²) in [5.74, 6) is 0. The fraction of sp³-hybridized carbons (Fsp3) is 0. The molecule has 0 rings (SSSR count). The van der Waals surface area contributed by atoms with Crippen LogP contribution in [0.25, 0.3) is 0 Å². The second kappa shape index (κ2) is 75.9. The summed E-state index contributed by atoms with van der Waals surface area (Å²) in [7, 11) is 4.00. The largest absolute Gasteiger partial charge is 1.00 e. The molecular formula is H2BFLiN. The first-order valence-corrected chi connectivity index (χ1v) is 0.333. The van der Waals surface area contributed by atoms with Crippen molar-refractivity contribution in [3.05, 3.63) is 0 Å². The molecule has 0 fully saturated rings. The number of nitrogens with two attached hydrogens (primary N) is 1. The molecule has 4 heavy (non-hydrogen) atoms. The fourth-order valence-corrected chi connectivity index (χ4v) is 0. The predicted molar refractivity (Wildman–Crippen MR) is 9.94 cm³/mol. The van der Waals surface area contributed by atoms with Crippen LogP contribution in [0.5, 0.6) is 0 Å². The maximum atomic E-state index is 4.00. The van der Waals surface area contributed by atoms with Gasteiger partial charge in [0.1, 0.15) is 0 Å². The molecule has 4 heteroatoms. The molecule has 0 unspecified atom stereocenters. The molecule has 0 amide bonds. The first kappa shape index (κ1) is 23.8. The molecule has 0 spiro atoms. The number of hydrogen-bond acceptors (Lipinski definition) is 1. The maximum absolute atomic E-state index is 4.00. The smallest absolute Gasteiger partial charge is 1.00 e. The van der Waals surface area contributed by atoms with Crippen LogP contribution in [0, 0.1) is 0 Å². The molecule has 0 aliphatic carbocycles. The molecule has 0 heterocycles. The van der Waals surface area contributed by atoms with E-state index in [0.29, 0.717) is 0 Å². The van der Waals surface area contributed by atoms with E-state index in [0.717, 1.165) is 0 Å². The SMILES string of the molecule is [B]N.[F-].[Li+]. The molecule has 1 nitrogen and oxygen atoms in total. The summed E-state index contributed by atoms with van der Waals surface area (Å²) in [5, 5.41) is 0. The Hall–Kier alpha value is 0.552. The molecule has 0 atom stereocenters. The average Bonchev–Trinajstić information content (AvgIpc) is 1.00. The summed E-state index contributed by atoms with van der Waals surface area (Å²) in [6.45, 7) is 0. The van der Waals surface area contributed by atoms with Crippen molar-refractivity contribution in [2.45, 2.75) is 0 Å². The predicted octanol–water partition coefficient (Wildman–Crippen LogP) is -6.96. The van der Waals surface area contributed by atoms with Gasteiger partial charge in [0.05, 0.1) is 0 Å². The summed E-state index contributed by atoms with van der Waals surface area (Å²) in [6, 6.07) is 0. The first-order valence-electron chi connectivity index (χ1n) is 0.333. The van der Waals surface area contributed by atoms with Crippen LogP contribution in [0.15, 0.2) is 0 Å². The third-order valence-electron chi connectivity index (χ3n) is 0. The molecule has 2 radical (unpaired) electrons. The van der Waals surface area contributed by atoms with Gasteiger partial charge in [-0.05, 0) is 0 Å². The van der Waals surface area contributed by atoms with Crippen molar-refractivity contribution in [1.82, 2.24) is 0 Å². The monoisotopic (exact) mass is 53.0 g/mol. The summed E-state index contributed by atoms with van der Waals surface area (Å²) < 4.78 is 0. The summed E-state index contributed by atoms with van der Waals surface area (Å²) >= 11 is 0. The molecule has 18 valence electrons. The van der Waals surface area contributed by atoms with Gasteiger partial charge in [-0.3, -0.25) is 0 Å². The van der Waals surface area contributed by atoms with Crippen LogP contribution in [-0.4, -0.2) is 7.98 Å². The van der Waals surface area contributed by atoms with E-state index in [4.69, 9.17) is 0 Å². The van der Waals surface area contributed by atoms with Crippen LogP contribution in [0.1, 0.15) is 0 Å². The van der Waals surface area contributed by atoms with Crippen molar-refractivity contribution in [2.24, 2.45) is 5.64 Å². The Morgan fingerprint density at radius 2 is 1.25 bits per heavy atom. The van der Waals surface area contributed by atoms with Gasteiger partial charge in [-0.1, -0.05) is 0 Å². The zero-order valence-electron chi connectivity index (χ0n) is 2.53. The molecule has 0 aromatic heterocycles. The Morgan fingerprint density at radius 3 is 1.25 bits per heavy atom. The maximum Gasteiger partial charge on any atom is 1.00 e. The molecular weight excluding hydrogens is 50.8 g/mol. The van der Waals surface area contributed by atoms with E-state index in [1.54, 1.807) is 0 Å². The quantitative estimate of drug-likeness (QED) is 0.273. The third kappa shape index (κ3) is 20.2. The van der Waals surface area contributed by atoms with E-state index >= 15 is 0 Å². The summed E-state index contributed by atoms with van der Waals surface area (Å²) in [5.41, 5.74) is 4.00. The van der Waals surface area contributed by atoms with E-state index in [9.17, 15) is 0 Å². The van der Waals surface area contributed by atoms with Crippen LogP contribution >= 0.6 is 0 Å². The summed E-state index contributed by atoms with van der Waals surface area (Å²) in [6.07, 6.45) is 0. The van der Waals surface area contributed by atoms with Gasteiger partial charge in [0.25, 0.3) is 0 Å². The normalized spacial score (nSPS) is 1.25. The average molecular weight is 52.8 g/mol. The van der Waals surface area contributed by atoms with Crippen LogP contribution in [0.3, 0.4) is 0 Å². The van der Waals surface area contributed by atoms with Crippen molar-refractivity contribution in [3.8, 4) is 0 Å².